The number of carbonyl (C=O) groups excluding carboxylic acids is 1. The summed E-state index contributed by atoms with van der Waals surface area (Å²) in [5.41, 5.74) is 4.72. The zero-order valence-corrected chi connectivity index (χ0v) is 17.3. The minimum absolute atomic E-state index is 0.208. The summed E-state index contributed by atoms with van der Waals surface area (Å²) in [6, 6.07) is 8.91. The number of allylic oxidation sites excluding steroid dienone is 2. The van der Waals surface area contributed by atoms with Crippen LogP contribution in [-0.2, 0) is 0 Å². The van der Waals surface area contributed by atoms with Crippen LogP contribution < -0.4 is 5.32 Å². The normalized spacial score (nSPS) is 26.3. The van der Waals surface area contributed by atoms with Crippen molar-refractivity contribution < 1.29 is 4.79 Å². The fourth-order valence-electron chi connectivity index (χ4n) is 5.15. The number of likely N-dealkylation sites (tertiary alicyclic amines) is 1. The molecule has 3 heterocycles. The summed E-state index contributed by atoms with van der Waals surface area (Å²) < 4.78 is 0. The van der Waals surface area contributed by atoms with Crippen molar-refractivity contribution >= 4 is 22.9 Å². The first kappa shape index (κ1) is 18.0. The molecule has 1 aromatic heterocycles. The van der Waals surface area contributed by atoms with E-state index in [0.29, 0.717) is 17.9 Å². The lowest BCUT2D eigenvalue weighted by molar-refractivity contribution is 0.0761. The minimum Gasteiger partial charge on any atom is -0.377 e. The lowest BCUT2D eigenvalue weighted by Gasteiger charge is -2.37. The summed E-state index contributed by atoms with van der Waals surface area (Å²) in [6.45, 7) is 4.02. The summed E-state index contributed by atoms with van der Waals surface area (Å²) in [6.07, 6.45) is 10.5. The van der Waals surface area contributed by atoms with Crippen LogP contribution in [0.1, 0.15) is 70.4 Å². The molecule has 3 aliphatic rings. The van der Waals surface area contributed by atoms with Crippen LogP contribution in [0.25, 0.3) is 0 Å². The first-order valence-corrected chi connectivity index (χ1v) is 11.5. The second-order valence-electron chi connectivity index (χ2n) is 8.45. The Labute approximate surface area is 171 Å². The number of nitrogens with one attached hydrogen (secondary N) is 1. The molecular formula is C24H28N2OS. The first-order valence-electron chi connectivity index (χ1n) is 10.6. The molecule has 0 radical (unpaired) electrons. The van der Waals surface area contributed by atoms with Gasteiger partial charge in [0.05, 0.1) is 6.04 Å². The zero-order valence-electron chi connectivity index (χ0n) is 16.5. The molecule has 4 heteroatoms. The summed E-state index contributed by atoms with van der Waals surface area (Å²) in [7, 11) is 0. The van der Waals surface area contributed by atoms with Crippen LogP contribution in [-0.4, -0.2) is 23.9 Å². The molecule has 3 unspecified atom stereocenters. The van der Waals surface area contributed by atoms with Gasteiger partial charge in [-0.05, 0) is 72.9 Å². The topological polar surface area (TPSA) is 32.3 Å². The molecule has 5 rings (SSSR count). The summed E-state index contributed by atoms with van der Waals surface area (Å²) in [4.78, 5) is 16.6. The highest BCUT2D eigenvalue weighted by atomic mass is 32.1. The van der Waals surface area contributed by atoms with Crippen molar-refractivity contribution in [1.29, 1.82) is 0 Å². The number of thiophene rings is 1. The monoisotopic (exact) mass is 392 g/mol. The molecule has 2 aromatic rings. The molecule has 1 fully saturated rings. The van der Waals surface area contributed by atoms with Crippen LogP contribution in [0, 0.1) is 12.8 Å². The van der Waals surface area contributed by atoms with E-state index in [1.54, 1.807) is 0 Å². The first-order chi connectivity index (χ1) is 13.7. The maximum absolute atomic E-state index is 13.1. The van der Waals surface area contributed by atoms with Crippen molar-refractivity contribution in [2.24, 2.45) is 5.92 Å². The lowest BCUT2D eigenvalue weighted by atomic mass is 9.78. The number of rotatable bonds is 2. The Balaban J connectivity index is 1.46. The van der Waals surface area contributed by atoms with Crippen LogP contribution in [0.2, 0.25) is 0 Å². The summed E-state index contributed by atoms with van der Waals surface area (Å²) >= 11 is 1.86. The Bertz CT molecular complexity index is 907. The van der Waals surface area contributed by atoms with Gasteiger partial charge >= 0.3 is 0 Å². The van der Waals surface area contributed by atoms with E-state index in [9.17, 15) is 4.79 Å². The molecular weight excluding hydrogens is 364 g/mol. The van der Waals surface area contributed by atoms with Gasteiger partial charge in [-0.1, -0.05) is 25.0 Å². The van der Waals surface area contributed by atoms with Gasteiger partial charge in [0.2, 0.25) is 0 Å². The fourth-order valence-corrected chi connectivity index (χ4v) is 6.20. The lowest BCUT2D eigenvalue weighted by Crippen LogP contribution is -2.33. The molecule has 1 amide bonds. The second-order valence-corrected chi connectivity index (χ2v) is 9.40. The van der Waals surface area contributed by atoms with Crippen LogP contribution >= 0.6 is 11.3 Å². The van der Waals surface area contributed by atoms with Gasteiger partial charge in [0, 0.05) is 35.1 Å². The highest BCUT2D eigenvalue weighted by molar-refractivity contribution is 7.10. The van der Waals surface area contributed by atoms with Gasteiger partial charge in [0.25, 0.3) is 5.91 Å². The van der Waals surface area contributed by atoms with E-state index in [2.05, 4.69) is 52.9 Å². The fraction of sp³-hybridized carbons (Fsp3) is 0.458. The Kier molecular flexibility index (Phi) is 4.75. The van der Waals surface area contributed by atoms with Crippen LogP contribution in [0.15, 0.2) is 41.8 Å². The number of hydrogen-bond acceptors (Lipinski definition) is 3. The predicted octanol–water partition coefficient (Wildman–Crippen LogP) is 5.90. The number of benzene rings is 1. The maximum Gasteiger partial charge on any atom is 0.253 e. The molecule has 0 bridgehead atoms. The zero-order chi connectivity index (χ0) is 19.1. The predicted molar refractivity (Wildman–Crippen MR) is 116 cm³/mol. The number of nitrogens with zero attached hydrogens (tertiary/aromatic N) is 1. The van der Waals surface area contributed by atoms with E-state index in [4.69, 9.17) is 0 Å². The van der Waals surface area contributed by atoms with Crippen molar-refractivity contribution in [2.45, 2.75) is 51.0 Å². The van der Waals surface area contributed by atoms with Crippen LogP contribution in [0.3, 0.4) is 0 Å². The van der Waals surface area contributed by atoms with Gasteiger partial charge < -0.3 is 10.2 Å². The average molecular weight is 393 g/mol. The molecule has 2 aliphatic heterocycles. The van der Waals surface area contributed by atoms with Gasteiger partial charge in [0.1, 0.15) is 0 Å². The second kappa shape index (κ2) is 7.40. The highest BCUT2D eigenvalue weighted by Crippen LogP contribution is 2.51. The summed E-state index contributed by atoms with van der Waals surface area (Å²) in [5, 5.41) is 6.01. The third kappa shape index (κ3) is 3.08. The largest absolute Gasteiger partial charge is 0.377 e. The van der Waals surface area contributed by atoms with Crippen molar-refractivity contribution in [3.63, 3.8) is 0 Å². The Hall–Kier alpha value is -2.07. The number of aryl methyl sites for hydroxylation is 1. The number of carbonyl (C=O) groups is 1. The molecule has 1 N–H and O–H groups in total. The summed E-state index contributed by atoms with van der Waals surface area (Å²) in [5.74, 6) is 1.15. The highest BCUT2D eigenvalue weighted by Gasteiger charge is 2.39. The SMILES string of the molecule is Cc1ccsc1C1Nc2ccc(C(=O)N3CCCCCC3)cc2C2C=CCC21. The Morgan fingerprint density at radius 2 is 1.96 bits per heavy atom. The van der Waals surface area contributed by atoms with E-state index in [-0.39, 0.29) is 5.91 Å². The van der Waals surface area contributed by atoms with Crippen molar-refractivity contribution in [1.82, 2.24) is 4.90 Å². The molecule has 3 atom stereocenters. The van der Waals surface area contributed by atoms with E-state index < -0.39 is 0 Å². The smallest absolute Gasteiger partial charge is 0.253 e. The Morgan fingerprint density at radius 3 is 2.71 bits per heavy atom. The van der Waals surface area contributed by atoms with E-state index in [0.717, 1.165) is 37.9 Å². The standard InChI is InChI=1S/C24H28N2OS/c1-16-11-14-28-23(16)22-19-8-6-7-18(19)20-15-17(9-10-21(20)25-22)24(27)26-12-4-2-3-5-13-26/h6-7,9-11,14-15,18-19,22,25H,2-5,8,12-13H2,1H3. The van der Waals surface area contributed by atoms with Crippen molar-refractivity contribution in [3.8, 4) is 0 Å². The van der Waals surface area contributed by atoms with Crippen molar-refractivity contribution in [3.05, 3.63) is 63.4 Å². The number of anilines is 1. The number of fused-ring (bicyclic) bond motifs is 3. The van der Waals surface area contributed by atoms with E-state index in [1.807, 2.05) is 17.4 Å². The number of amides is 1. The third-order valence-electron chi connectivity index (χ3n) is 6.69. The van der Waals surface area contributed by atoms with Gasteiger partial charge in [-0.25, -0.2) is 0 Å². The van der Waals surface area contributed by atoms with Gasteiger partial charge in [-0.2, -0.15) is 0 Å². The van der Waals surface area contributed by atoms with Crippen molar-refractivity contribution in [2.75, 3.05) is 18.4 Å². The molecule has 1 saturated heterocycles. The van der Waals surface area contributed by atoms with Gasteiger partial charge in [0.15, 0.2) is 0 Å². The third-order valence-corrected chi connectivity index (χ3v) is 7.79. The van der Waals surface area contributed by atoms with Gasteiger partial charge in [-0.3, -0.25) is 4.79 Å². The quantitative estimate of drug-likeness (QED) is 0.645. The van der Waals surface area contributed by atoms with Crippen LogP contribution in [0.5, 0.6) is 0 Å². The molecule has 146 valence electrons. The van der Waals surface area contributed by atoms with E-state index in [1.165, 1.54) is 34.5 Å². The number of hydrogen-bond donors (Lipinski definition) is 1. The van der Waals surface area contributed by atoms with Crippen LogP contribution in [0.4, 0.5) is 5.69 Å². The Morgan fingerprint density at radius 1 is 1.14 bits per heavy atom. The molecule has 0 saturated carbocycles. The average Bonchev–Trinajstić information content (AvgIpc) is 3.28. The minimum atomic E-state index is 0.208. The molecule has 1 aromatic carbocycles. The molecule has 0 spiro atoms. The molecule has 28 heavy (non-hydrogen) atoms. The molecule has 1 aliphatic carbocycles. The van der Waals surface area contributed by atoms with Gasteiger partial charge in [-0.15, -0.1) is 11.3 Å². The maximum atomic E-state index is 13.1. The van der Waals surface area contributed by atoms with E-state index >= 15 is 0 Å². The molecule has 3 nitrogen and oxygen atoms in total.